The minimum absolute atomic E-state index is 0.0152. The van der Waals surface area contributed by atoms with Crippen molar-refractivity contribution in [1.82, 2.24) is 10.3 Å². The van der Waals surface area contributed by atoms with Crippen LogP contribution in [-0.4, -0.2) is 29.3 Å². The molecule has 0 bridgehead atoms. The van der Waals surface area contributed by atoms with Crippen molar-refractivity contribution in [3.8, 4) is 0 Å². The summed E-state index contributed by atoms with van der Waals surface area (Å²) in [6, 6.07) is 7.68. The molecule has 5 nitrogen and oxygen atoms in total. The summed E-state index contributed by atoms with van der Waals surface area (Å²) in [7, 11) is 0. The summed E-state index contributed by atoms with van der Waals surface area (Å²) in [6.07, 6.45) is 10.5. The molecule has 1 saturated heterocycles. The highest BCUT2D eigenvalue weighted by molar-refractivity contribution is 6.01. The van der Waals surface area contributed by atoms with E-state index >= 15 is 0 Å². The van der Waals surface area contributed by atoms with E-state index in [0.717, 1.165) is 35.7 Å². The average molecular weight is 325 g/mol. The first-order chi connectivity index (χ1) is 11.7. The van der Waals surface area contributed by atoms with Crippen LogP contribution in [0.3, 0.4) is 0 Å². The Kier molecular flexibility index (Phi) is 4.10. The second kappa shape index (κ2) is 6.40. The number of benzene rings is 1. The van der Waals surface area contributed by atoms with Gasteiger partial charge in [-0.1, -0.05) is 31.4 Å². The molecule has 1 atom stereocenters. The van der Waals surface area contributed by atoms with Gasteiger partial charge in [-0.2, -0.15) is 0 Å². The predicted octanol–water partition coefficient (Wildman–Crippen LogP) is 3.85. The molecule has 1 saturated carbocycles. The highest BCUT2D eigenvalue weighted by atomic mass is 16.5. The number of nitrogens with zero attached hydrogens (tertiary/aromatic N) is 1. The van der Waals surface area contributed by atoms with E-state index in [1.807, 2.05) is 24.3 Å². The van der Waals surface area contributed by atoms with Crippen LogP contribution >= 0.6 is 0 Å². The molecule has 2 N–H and O–H groups in total. The van der Waals surface area contributed by atoms with Crippen LogP contribution in [0.25, 0.3) is 10.8 Å². The highest BCUT2D eigenvalue weighted by Gasteiger charge is 2.41. The summed E-state index contributed by atoms with van der Waals surface area (Å²) in [4.78, 5) is 16.5. The van der Waals surface area contributed by atoms with E-state index < -0.39 is 0 Å². The van der Waals surface area contributed by atoms with Crippen LogP contribution in [0.15, 0.2) is 36.7 Å². The van der Waals surface area contributed by atoms with Gasteiger partial charge in [0, 0.05) is 23.2 Å². The van der Waals surface area contributed by atoms with Gasteiger partial charge >= 0.3 is 6.03 Å². The van der Waals surface area contributed by atoms with E-state index in [4.69, 9.17) is 4.74 Å². The maximum atomic E-state index is 12.4. The number of hydrogen-bond donors (Lipinski definition) is 2. The SMILES string of the molecule is O=C(Nc1cccc2cnccc12)N[C@@H]1COC2(CCCCC2)C1. The van der Waals surface area contributed by atoms with Gasteiger partial charge in [0.15, 0.2) is 0 Å². The van der Waals surface area contributed by atoms with Gasteiger partial charge in [0.2, 0.25) is 0 Å². The Labute approximate surface area is 141 Å². The third kappa shape index (κ3) is 3.08. The molecule has 1 aliphatic carbocycles. The number of pyridine rings is 1. The fourth-order valence-electron chi connectivity index (χ4n) is 4.06. The van der Waals surface area contributed by atoms with Gasteiger partial charge in [-0.15, -0.1) is 0 Å². The van der Waals surface area contributed by atoms with Crippen molar-refractivity contribution in [3.63, 3.8) is 0 Å². The largest absolute Gasteiger partial charge is 0.373 e. The van der Waals surface area contributed by atoms with Crippen molar-refractivity contribution in [2.75, 3.05) is 11.9 Å². The van der Waals surface area contributed by atoms with Gasteiger partial charge in [-0.3, -0.25) is 4.98 Å². The molecule has 1 spiro atoms. The Balaban J connectivity index is 1.40. The van der Waals surface area contributed by atoms with Crippen LogP contribution in [-0.2, 0) is 4.74 Å². The first kappa shape index (κ1) is 15.4. The molecule has 4 rings (SSSR count). The smallest absolute Gasteiger partial charge is 0.319 e. The van der Waals surface area contributed by atoms with Crippen LogP contribution in [0, 0.1) is 0 Å². The Hall–Kier alpha value is -2.14. The molecule has 5 heteroatoms. The fraction of sp³-hybridized carbons (Fsp3) is 0.474. The number of ether oxygens (including phenoxy) is 1. The van der Waals surface area contributed by atoms with E-state index in [1.165, 1.54) is 19.3 Å². The van der Waals surface area contributed by atoms with Gasteiger partial charge < -0.3 is 15.4 Å². The number of carbonyl (C=O) groups is 1. The summed E-state index contributed by atoms with van der Waals surface area (Å²) in [5, 5.41) is 8.05. The minimum Gasteiger partial charge on any atom is -0.373 e. The monoisotopic (exact) mass is 325 g/mol. The number of fused-ring (bicyclic) bond motifs is 1. The lowest BCUT2D eigenvalue weighted by molar-refractivity contribution is -0.0245. The molecule has 2 aromatic rings. The summed E-state index contributed by atoms with van der Waals surface area (Å²) in [6.45, 7) is 0.618. The van der Waals surface area contributed by atoms with Gasteiger partial charge in [-0.05, 0) is 31.4 Å². The number of urea groups is 1. The normalized spacial score (nSPS) is 22.6. The van der Waals surface area contributed by atoms with Gasteiger partial charge in [-0.25, -0.2) is 4.79 Å². The first-order valence-corrected chi connectivity index (χ1v) is 8.78. The summed E-state index contributed by atoms with van der Waals surface area (Å²) in [5.74, 6) is 0. The van der Waals surface area contributed by atoms with Crippen molar-refractivity contribution in [2.24, 2.45) is 0 Å². The molecule has 0 radical (unpaired) electrons. The third-order valence-electron chi connectivity index (χ3n) is 5.24. The standard InChI is InChI=1S/C19H23N3O2/c23-18(21-15-11-19(24-13-15)8-2-1-3-9-19)22-17-6-4-5-14-12-20-10-7-16(14)17/h4-7,10,12,15H,1-3,8-9,11,13H2,(H2,21,22,23)/t15-/m0/s1. The number of amides is 2. The summed E-state index contributed by atoms with van der Waals surface area (Å²) < 4.78 is 6.06. The Morgan fingerprint density at radius 1 is 1.21 bits per heavy atom. The minimum atomic E-state index is -0.166. The molecule has 1 aliphatic heterocycles. The summed E-state index contributed by atoms with van der Waals surface area (Å²) in [5.41, 5.74) is 0.820. The molecule has 2 aliphatic rings. The Bertz CT molecular complexity index is 735. The molecule has 24 heavy (non-hydrogen) atoms. The van der Waals surface area contributed by atoms with Crippen molar-refractivity contribution in [1.29, 1.82) is 0 Å². The lowest BCUT2D eigenvalue weighted by atomic mass is 9.82. The number of anilines is 1. The van der Waals surface area contributed by atoms with E-state index in [9.17, 15) is 4.79 Å². The number of nitrogens with one attached hydrogen (secondary N) is 2. The maximum absolute atomic E-state index is 12.4. The molecule has 1 aromatic carbocycles. The van der Waals surface area contributed by atoms with E-state index in [2.05, 4.69) is 15.6 Å². The van der Waals surface area contributed by atoms with E-state index in [-0.39, 0.29) is 17.7 Å². The number of carbonyl (C=O) groups excluding carboxylic acids is 1. The Morgan fingerprint density at radius 2 is 2.08 bits per heavy atom. The number of rotatable bonds is 2. The van der Waals surface area contributed by atoms with Crippen molar-refractivity contribution >= 4 is 22.5 Å². The second-order valence-electron chi connectivity index (χ2n) is 6.96. The highest BCUT2D eigenvalue weighted by Crippen LogP contribution is 2.39. The zero-order valence-corrected chi connectivity index (χ0v) is 13.8. The lowest BCUT2D eigenvalue weighted by Gasteiger charge is -2.32. The molecule has 2 fully saturated rings. The average Bonchev–Trinajstić information content (AvgIpc) is 2.97. The third-order valence-corrected chi connectivity index (χ3v) is 5.24. The first-order valence-electron chi connectivity index (χ1n) is 8.78. The van der Waals surface area contributed by atoms with Crippen LogP contribution < -0.4 is 10.6 Å². The topological polar surface area (TPSA) is 63.2 Å². The maximum Gasteiger partial charge on any atom is 0.319 e. The van der Waals surface area contributed by atoms with Gasteiger partial charge in [0.25, 0.3) is 0 Å². The molecule has 2 heterocycles. The van der Waals surface area contributed by atoms with Crippen LogP contribution in [0.5, 0.6) is 0 Å². The zero-order valence-electron chi connectivity index (χ0n) is 13.8. The summed E-state index contributed by atoms with van der Waals surface area (Å²) >= 11 is 0. The molecule has 0 unspecified atom stereocenters. The second-order valence-corrected chi connectivity index (χ2v) is 6.96. The molecular weight excluding hydrogens is 302 g/mol. The molecule has 2 amide bonds. The van der Waals surface area contributed by atoms with Crippen molar-refractivity contribution < 1.29 is 9.53 Å². The van der Waals surface area contributed by atoms with Crippen LogP contribution in [0.4, 0.5) is 10.5 Å². The zero-order chi connectivity index (χ0) is 16.4. The van der Waals surface area contributed by atoms with Gasteiger partial charge in [0.05, 0.1) is 23.9 Å². The van der Waals surface area contributed by atoms with Crippen molar-refractivity contribution in [3.05, 3.63) is 36.7 Å². The fourth-order valence-corrected chi connectivity index (χ4v) is 4.06. The molecule has 126 valence electrons. The quantitative estimate of drug-likeness (QED) is 0.881. The molecule has 1 aromatic heterocycles. The van der Waals surface area contributed by atoms with Gasteiger partial charge in [0.1, 0.15) is 0 Å². The lowest BCUT2D eigenvalue weighted by Crippen LogP contribution is -2.39. The Morgan fingerprint density at radius 3 is 2.96 bits per heavy atom. The van der Waals surface area contributed by atoms with E-state index in [0.29, 0.717) is 6.61 Å². The predicted molar refractivity (Wildman–Crippen MR) is 94.1 cm³/mol. The van der Waals surface area contributed by atoms with Crippen LogP contribution in [0.2, 0.25) is 0 Å². The van der Waals surface area contributed by atoms with Crippen molar-refractivity contribution in [2.45, 2.75) is 50.2 Å². The molecular formula is C19H23N3O2. The number of hydrogen-bond acceptors (Lipinski definition) is 3. The van der Waals surface area contributed by atoms with E-state index in [1.54, 1.807) is 12.4 Å². The van der Waals surface area contributed by atoms with Crippen LogP contribution in [0.1, 0.15) is 38.5 Å². The number of aromatic nitrogens is 1.